The molecule has 134 valence electrons. The number of rotatable bonds is 6. The molecule has 2 heterocycles. The van der Waals surface area contributed by atoms with E-state index in [9.17, 15) is 10.1 Å². The molecule has 1 N–H and O–H groups in total. The zero-order valence-corrected chi connectivity index (χ0v) is 14.7. The second-order valence-electron chi connectivity index (χ2n) is 7.21. The van der Waals surface area contributed by atoms with Gasteiger partial charge < -0.3 is 15.0 Å². The first-order valence-electron chi connectivity index (χ1n) is 9.25. The van der Waals surface area contributed by atoms with Gasteiger partial charge in [-0.1, -0.05) is 30.3 Å². The molecule has 1 aromatic rings. The number of nitrogens with zero attached hydrogens (tertiary/aromatic N) is 2. The van der Waals surface area contributed by atoms with Crippen molar-refractivity contribution in [3.63, 3.8) is 0 Å². The van der Waals surface area contributed by atoms with Gasteiger partial charge in [0, 0.05) is 32.8 Å². The molecular weight excluding hydrogens is 314 g/mol. The Morgan fingerprint density at radius 1 is 1.32 bits per heavy atom. The number of nitrogens with one attached hydrogen (secondary N) is 1. The maximum Gasteiger partial charge on any atom is 0.240 e. The van der Waals surface area contributed by atoms with Crippen LogP contribution in [0.15, 0.2) is 30.3 Å². The number of hydrogen-bond donors (Lipinski definition) is 1. The normalized spacial score (nSPS) is 23.1. The molecule has 2 aliphatic heterocycles. The van der Waals surface area contributed by atoms with Crippen molar-refractivity contribution in [1.82, 2.24) is 10.2 Å². The van der Waals surface area contributed by atoms with Crippen LogP contribution in [0.2, 0.25) is 0 Å². The molecule has 0 saturated carbocycles. The number of carbonyl (C=O) groups is 1. The Morgan fingerprint density at radius 3 is 2.80 bits per heavy atom. The molecule has 1 atom stereocenters. The molecule has 2 fully saturated rings. The van der Waals surface area contributed by atoms with E-state index in [0.717, 1.165) is 32.5 Å². The zero-order valence-electron chi connectivity index (χ0n) is 14.7. The second-order valence-corrected chi connectivity index (χ2v) is 7.21. The van der Waals surface area contributed by atoms with Crippen molar-refractivity contribution in [2.24, 2.45) is 11.3 Å². The first-order chi connectivity index (χ1) is 12.2. The van der Waals surface area contributed by atoms with Crippen LogP contribution in [0, 0.1) is 22.7 Å². The van der Waals surface area contributed by atoms with Crippen molar-refractivity contribution in [2.45, 2.75) is 25.7 Å². The Bertz CT molecular complexity index is 605. The number of nitriles is 1. The molecular formula is C20H27N3O2. The third kappa shape index (κ3) is 4.59. The van der Waals surface area contributed by atoms with E-state index in [-0.39, 0.29) is 5.91 Å². The SMILES string of the molecule is N#CC1(C(=O)NC[C@@H]2CCN(CCc3ccccc3)C2)CCOCC1. The van der Waals surface area contributed by atoms with E-state index in [4.69, 9.17) is 4.74 Å². The smallest absolute Gasteiger partial charge is 0.240 e. The van der Waals surface area contributed by atoms with Gasteiger partial charge in [0.25, 0.3) is 0 Å². The van der Waals surface area contributed by atoms with Gasteiger partial charge >= 0.3 is 0 Å². The highest BCUT2D eigenvalue weighted by atomic mass is 16.5. The average Bonchev–Trinajstić information content (AvgIpc) is 3.13. The molecule has 1 amide bonds. The van der Waals surface area contributed by atoms with Gasteiger partial charge in [-0.05, 0) is 43.7 Å². The quantitative estimate of drug-likeness (QED) is 0.859. The monoisotopic (exact) mass is 341 g/mol. The van der Waals surface area contributed by atoms with Crippen LogP contribution in [0.3, 0.4) is 0 Å². The molecule has 0 aromatic heterocycles. The second kappa shape index (κ2) is 8.46. The van der Waals surface area contributed by atoms with Crippen LogP contribution in [-0.4, -0.2) is 50.2 Å². The Kier molecular flexibility index (Phi) is 6.06. The molecule has 5 nitrogen and oxygen atoms in total. The lowest BCUT2D eigenvalue weighted by molar-refractivity contribution is -0.132. The summed E-state index contributed by atoms with van der Waals surface area (Å²) in [6.07, 6.45) is 3.18. The van der Waals surface area contributed by atoms with Crippen molar-refractivity contribution in [3.8, 4) is 6.07 Å². The Hall–Kier alpha value is -1.90. The van der Waals surface area contributed by atoms with E-state index in [2.05, 4.69) is 40.6 Å². The Labute approximate surface area is 150 Å². The summed E-state index contributed by atoms with van der Waals surface area (Å²) in [6, 6.07) is 12.8. The Morgan fingerprint density at radius 2 is 2.08 bits per heavy atom. The fraction of sp³-hybridized carbons (Fsp3) is 0.600. The highest BCUT2D eigenvalue weighted by Crippen LogP contribution is 2.30. The standard InChI is InChI=1S/C20H27N3O2/c21-16-20(8-12-25-13-9-20)19(24)22-14-18-7-11-23(15-18)10-6-17-4-2-1-3-5-17/h1-5,18H,6-15H2,(H,22,24)/t18-/m0/s1. The van der Waals surface area contributed by atoms with Crippen molar-refractivity contribution in [1.29, 1.82) is 5.26 Å². The van der Waals surface area contributed by atoms with Crippen molar-refractivity contribution in [2.75, 3.05) is 39.4 Å². The van der Waals surface area contributed by atoms with E-state index >= 15 is 0 Å². The number of ether oxygens (including phenoxy) is 1. The van der Waals surface area contributed by atoms with E-state index in [1.54, 1.807) is 0 Å². The van der Waals surface area contributed by atoms with Crippen LogP contribution in [0.1, 0.15) is 24.8 Å². The predicted molar refractivity (Wildman–Crippen MR) is 95.8 cm³/mol. The topological polar surface area (TPSA) is 65.4 Å². The van der Waals surface area contributed by atoms with Gasteiger partial charge in [-0.15, -0.1) is 0 Å². The number of hydrogen-bond acceptors (Lipinski definition) is 4. The third-order valence-electron chi connectivity index (χ3n) is 5.48. The maximum atomic E-state index is 12.5. The number of amides is 1. The zero-order chi connectivity index (χ0) is 17.5. The third-order valence-corrected chi connectivity index (χ3v) is 5.48. The van der Waals surface area contributed by atoms with Gasteiger partial charge in [0.15, 0.2) is 0 Å². The lowest BCUT2D eigenvalue weighted by Crippen LogP contribution is -2.45. The van der Waals surface area contributed by atoms with E-state index in [0.29, 0.717) is 38.5 Å². The van der Waals surface area contributed by atoms with Crippen LogP contribution >= 0.6 is 0 Å². The lowest BCUT2D eigenvalue weighted by Gasteiger charge is -2.29. The molecule has 0 bridgehead atoms. The summed E-state index contributed by atoms with van der Waals surface area (Å²) in [6.45, 7) is 4.84. The number of likely N-dealkylation sites (tertiary alicyclic amines) is 1. The minimum absolute atomic E-state index is 0.110. The highest BCUT2D eigenvalue weighted by molar-refractivity contribution is 5.85. The van der Waals surface area contributed by atoms with E-state index < -0.39 is 5.41 Å². The molecule has 0 spiro atoms. The molecule has 0 radical (unpaired) electrons. The van der Waals surface area contributed by atoms with Gasteiger partial charge in [0.2, 0.25) is 5.91 Å². The molecule has 0 unspecified atom stereocenters. The highest BCUT2D eigenvalue weighted by Gasteiger charge is 2.40. The molecule has 2 aliphatic rings. The van der Waals surface area contributed by atoms with Gasteiger partial charge in [-0.2, -0.15) is 5.26 Å². The van der Waals surface area contributed by atoms with Gasteiger partial charge in [0.05, 0.1) is 6.07 Å². The maximum absolute atomic E-state index is 12.5. The fourth-order valence-corrected chi connectivity index (χ4v) is 3.73. The van der Waals surface area contributed by atoms with Crippen molar-refractivity contribution >= 4 is 5.91 Å². The van der Waals surface area contributed by atoms with Crippen LogP contribution in [-0.2, 0) is 16.0 Å². The summed E-state index contributed by atoms with van der Waals surface area (Å²) in [7, 11) is 0. The summed E-state index contributed by atoms with van der Waals surface area (Å²) in [4.78, 5) is 15.0. The summed E-state index contributed by atoms with van der Waals surface area (Å²) in [5.41, 5.74) is 0.485. The van der Waals surface area contributed by atoms with E-state index in [1.807, 2.05) is 6.07 Å². The molecule has 2 saturated heterocycles. The van der Waals surface area contributed by atoms with Gasteiger partial charge in [-0.25, -0.2) is 0 Å². The van der Waals surface area contributed by atoms with Gasteiger partial charge in [-0.3, -0.25) is 4.79 Å². The number of benzene rings is 1. The largest absolute Gasteiger partial charge is 0.381 e. The van der Waals surface area contributed by atoms with Crippen LogP contribution < -0.4 is 5.32 Å². The lowest BCUT2D eigenvalue weighted by atomic mass is 9.81. The predicted octanol–water partition coefficient (Wildman–Crippen LogP) is 1.99. The fourth-order valence-electron chi connectivity index (χ4n) is 3.73. The first-order valence-corrected chi connectivity index (χ1v) is 9.25. The molecule has 1 aromatic carbocycles. The summed E-state index contributed by atoms with van der Waals surface area (Å²) >= 11 is 0. The molecule has 5 heteroatoms. The minimum atomic E-state index is -0.885. The molecule has 0 aliphatic carbocycles. The number of carbonyl (C=O) groups excluding carboxylic acids is 1. The summed E-state index contributed by atoms with van der Waals surface area (Å²) in [5.74, 6) is 0.372. The van der Waals surface area contributed by atoms with E-state index in [1.165, 1.54) is 5.56 Å². The van der Waals surface area contributed by atoms with Crippen LogP contribution in [0.5, 0.6) is 0 Å². The molecule has 3 rings (SSSR count). The Balaban J connectivity index is 1.41. The van der Waals surface area contributed by atoms with Crippen LogP contribution in [0.4, 0.5) is 0 Å². The van der Waals surface area contributed by atoms with Crippen LogP contribution in [0.25, 0.3) is 0 Å². The molecule has 25 heavy (non-hydrogen) atoms. The van der Waals surface area contributed by atoms with Crippen molar-refractivity contribution in [3.05, 3.63) is 35.9 Å². The first kappa shape index (κ1) is 17.9. The van der Waals surface area contributed by atoms with Crippen molar-refractivity contribution < 1.29 is 9.53 Å². The summed E-state index contributed by atoms with van der Waals surface area (Å²) < 4.78 is 5.29. The summed E-state index contributed by atoms with van der Waals surface area (Å²) in [5, 5.41) is 12.5. The van der Waals surface area contributed by atoms with Gasteiger partial charge in [0.1, 0.15) is 5.41 Å². The minimum Gasteiger partial charge on any atom is -0.381 e. The average molecular weight is 341 g/mol.